The van der Waals surface area contributed by atoms with Crippen LogP contribution in [0.25, 0.3) is 5.69 Å². The van der Waals surface area contributed by atoms with E-state index in [0.717, 1.165) is 6.07 Å². The van der Waals surface area contributed by atoms with E-state index in [0.29, 0.717) is 17.3 Å². The molecule has 0 aliphatic heterocycles. The van der Waals surface area contributed by atoms with Gasteiger partial charge in [-0.1, -0.05) is 0 Å². The smallest absolute Gasteiger partial charge is 0.250 e. The lowest BCUT2D eigenvalue weighted by Gasteiger charge is -2.11. The Kier molecular flexibility index (Phi) is 5.08. The van der Waals surface area contributed by atoms with Crippen LogP contribution >= 0.6 is 0 Å². The maximum Gasteiger partial charge on any atom is 0.250 e. The predicted molar refractivity (Wildman–Crippen MR) is 88.2 cm³/mol. The number of benzene rings is 1. The summed E-state index contributed by atoms with van der Waals surface area (Å²) in [5, 5.41) is 8.67. The number of ether oxygens (including phenoxy) is 2. The third kappa shape index (κ3) is 3.78. The third-order valence-electron chi connectivity index (χ3n) is 3.53. The van der Waals surface area contributed by atoms with E-state index in [2.05, 4.69) is 9.97 Å². The maximum atomic E-state index is 14.0. The molecule has 0 bridgehead atoms. The summed E-state index contributed by atoms with van der Waals surface area (Å²) in [4.78, 5) is 7.79. The largest absolute Gasteiger partial charge is 0.490 e. The zero-order valence-corrected chi connectivity index (χ0v) is 13.8. The number of rotatable bonds is 6. The Balaban J connectivity index is 1.61. The van der Waals surface area contributed by atoms with Crippen molar-refractivity contribution < 1.29 is 18.3 Å². The van der Waals surface area contributed by atoms with Gasteiger partial charge in [-0.3, -0.25) is 0 Å². The van der Waals surface area contributed by atoms with Crippen LogP contribution in [0.4, 0.5) is 8.78 Å². The first-order valence-electron chi connectivity index (χ1n) is 7.69. The number of halogens is 2. The van der Waals surface area contributed by atoms with Crippen molar-refractivity contribution in [1.29, 1.82) is 5.26 Å². The van der Waals surface area contributed by atoms with Gasteiger partial charge in [0.25, 0.3) is 5.88 Å². The van der Waals surface area contributed by atoms with Crippen molar-refractivity contribution in [1.82, 2.24) is 14.5 Å². The summed E-state index contributed by atoms with van der Waals surface area (Å²) in [6.07, 6.45) is 4.45. The topological polar surface area (TPSA) is 73.0 Å². The van der Waals surface area contributed by atoms with Crippen molar-refractivity contribution in [3.05, 3.63) is 65.9 Å². The van der Waals surface area contributed by atoms with E-state index in [-0.39, 0.29) is 24.7 Å². The van der Waals surface area contributed by atoms with Gasteiger partial charge < -0.3 is 14.0 Å². The van der Waals surface area contributed by atoms with Gasteiger partial charge in [0.15, 0.2) is 5.82 Å². The number of nitriles is 1. The number of hydrogen-bond acceptors (Lipinski definition) is 5. The van der Waals surface area contributed by atoms with Gasteiger partial charge in [0, 0.05) is 24.7 Å². The van der Waals surface area contributed by atoms with Gasteiger partial charge in [-0.05, 0) is 25.1 Å². The van der Waals surface area contributed by atoms with E-state index in [4.69, 9.17) is 14.7 Å². The number of hydrogen-bond donors (Lipinski definition) is 0. The van der Waals surface area contributed by atoms with Crippen LogP contribution in [-0.2, 0) is 0 Å². The first-order chi connectivity index (χ1) is 12.6. The Morgan fingerprint density at radius 1 is 1.12 bits per heavy atom. The SMILES string of the molecule is Cc1nccn1-c1cc(OCCOc2ncc(C#N)cc2F)ccc1F. The first kappa shape index (κ1) is 17.4. The van der Waals surface area contributed by atoms with Crippen LogP contribution in [0.5, 0.6) is 11.6 Å². The first-order valence-corrected chi connectivity index (χ1v) is 7.69. The van der Waals surface area contributed by atoms with Crippen LogP contribution in [0.3, 0.4) is 0 Å². The molecule has 3 rings (SSSR count). The van der Waals surface area contributed by atoms with Gasteiger partial charge in [0.1, 0.15) is 36.7 Å². The minimum atomic E-state index is -0.719. The lowest BCUT2D eigenvalue weighted by molar-refractivity contribution is 0.205. The van der Waals surface area contributed by atoms with Gasteiger partial charge >= 0.3 is 0 Å². The van der Waals surface area contributed by atoms with E-state index in [1.54, 1.807) is 36.0 Å². The zero-order chi connectivity index (χ0) is 18.5. The normalized spacial score (nSPS) is 10.4. The van der Waals surface area contributed by atoms with Crippen LogP contribution < -0.4 is 9.47 Å². The molecule has 0 spiro atoms. The fourth-order valence-electron chi connectivity index (χ4n) is 2.29. The van der Waals surface area contributed by atoms with Crippen LogP contribution in [0, 0.1) is 29.9 Å². The molecule has 2 aromatic heterocycles. The third-order valence-corrected chi connectivity index (χ3v) is 3.53. The molecule has 0 aliphatic rings. The molecular weight excluding hydrogens is 342 g/mol. The second-order valence-corrected chi connectivity index (χ2v) is 5.28. The second-order valence-electron chi connectivity index (χ2n) is 5.28. The van der Waals surface area contributed by atoms with Gasteiger partial charge in [-0.25, -0.2) is 18.7 Å². The monoisotopic (exact) mass is 356 g/mol. The lowest BCUT2D eigenvalue weighted by Crippen LogP contribution is -2.11. The number of imidazole rings is 1. The highest BCUT2D eigenvalue weighted by Gasteiger charge is 2.10. The predicted octanol–water partition coefficient (Wildman–Crippen LogP) is 3.18. The lowest BCUT2D eigenvalue weighted by atomic mass is 10.3. The Bertz CT molecular complexity index is 966. The summed E-state index contributed by atoms with van der Waals surface area (Å²) in [6, 6.07) is 7.17. The molecule has 0 radical (unpaired) electrons. The van der Waals surface area contributed by atoms with E-state index >= 15 is 0 Å². The second kappa shape index (κ2) is 7.61. The highest BCUT2D eigenvalue weighted by Crippen LogP contribution is 2.21. The molecule has 0 saturated heterocycles. The summed E-state index contributed by atoms with van der Waals surface area (Å²) in [5.41, 5.74) is 0.429. The average molecular weight is 356 g/mol. The number of aryl methyl sites for hydroxylation is 1. The fraction of sp³-hybridized carbons (Fsp3) is 0.167. The molecule has 26 heavy (non-hydrogen) atoms. The molecule has 0 amide bonds. The summed E-state index contributed by atoms with van der Waals surface area (Å²) in [5.74, 6) is -0.248. The number of pyridine rings is 1. The van der Waals surface area contributed by atoms with Gasteiger partial charge in [-0.15, -0.1) is 0 Å². The summed E-state index contributed by atoms with van der Waals surface area (Å²) in [7, 11) is 0. The van der Waals surface area contributed by atoms with Crippen molar-refractivity contribution in [2.24, 2.45) is 0 Å². The van der Waals surface area contributed by atoms with Crippen LogP contribution in [0.1, 0.15) is 11.4 Å². The molecule has 0 unspecified atom stereocenters. The van der Waals surface area contributed by atoms with Gasteiger partial charge in [0.05, 0.1) is 11.3 Å². The Morgan fingerprint density at radius 2 is 1.92 bits per heavy atom. The summed E-state index contributed by atoms with van der Waals surface area (Å²) < 4.78 is 40.0. The molecule has 0 atom stereocenters. The zero-order valence-electron chi connectivity index (χ0n) is 13.8. The van der Waals surface area contributed by atoms with Gasteiger partial charge in [-0.2, -0.15) is 5.26 Å². The van der Waals surface area contributed by atoms with Crippen LogP contribution in [0.2, 0.25) is 0 Å². The van der Waals surface area contributed by atoms with Crippen molar-refractivity contribution in [2.75, 3.05) is 13.2 Å². The molecule has 132 valence electrons. The minimum Gasteiger partial charge on any atom is -0.490 e. The Morgan fingerprint density at radius 3 is 2.62 bits per heavy atom. The van der Waals surface area contributed by atoms with Crippen molar-refractivity contribution in [2.45, 2.75) is 6.92 Å². The van der Waals surface area contributed by atoms with E-state index in [1.807, 2.05) is 0 Å². The highest BCUT2D eigenvalue weighted by atomic mass is 19.1. The molecule has 0 saturated carbocycles. The van der Waals surface area contributed by atoms with Crippen molar-refractivity contribution in [3.8, 4) is 23.4 Å². The van der Waals surface area contributed by atoms with Crippen molar-refractivity contribution >= 4 is 0 Å². The van der Waals surface area contributed by atoms with E-state index in [9.17, 15) is 8.78 Å². The van der Waals surface area contributed by atoms with E-state index in [1.165, 1.54) is 18.3 Å². The Hall–Kier alpha value is -3.47. The fourth-order valence-corrected chi connectivity index (χ4v) is 2.29. The molecule has 3 aromatic rings. The quantitative estimate of drug-likeness (QED) is 0.634. The Labute approximate surface area is 148 Å². The molecule has 0 fully saturated rings. The van der Waals surface area contributed by atoms with E-state index < -0.39 is 11.6 Å². The minimum absolute atomic E-state index is 0.0344. The standard InChI is InChI=1S/C18H14F2N4O2/c1-12-22-4-5-24(12)17-9-14(2-3-15(17)19)25-6-7-26-18-16(20)8-13(10-21)11-23-18/h2-5,8-9,11H,6-7H2,1H3. The highest BCUT2D eigenvalue weighted by molar-refractivity contribution is 5.41. The van der Waals surface area contributed by atoms with Crippen molar-refractivity contribution in [3.63, 3.8) is 0 Å². The molecule has 8 heteroatoms. The van der Waals surface area contributed by atoms with Gasteiger partial charge in [0.2, 0.25) is 0 Å². The summed E-state index contributed by atoms with van der Waals surface area (Å²) >= 11 is 0. The maximum absolute atomic E-state index is 14.0. The van der Waals surface area contributed by atoms with Crippen LogP contribution in [-0.4, -0.2) is 27.7 Å². The summed E-state index contributed by atoms with van der Waals surface area (Å²) in [6.45, 7) is 1.90. The molecule has 0 N–H and O–H groups in total. The average Bonchev–Trinajstić information content (AvgIpc) is 3.06. The molecule has 1 aromatic carbocycles. The molecule has 2 heterocycles. The molecule has 6 nitrogen and oxygen atoms in total. The molecular formula is C18H14F2N4O2. The number of aromatic nitrogens is 3. The number of nitrogens with zero attached hydrogens (tertiary/aromatic N) is 4. The van der Waals surface area contributed by atoms with Crippen LogP contribution in [0.15, 0.2) is 42.9 Å². The molecule has 0 aliphatic carbocycles.